The molecule has 5 nitrogen and oxygen atoms in total. The lowest BCUT2D eigenvalue weighted by molar-refractivity contribution is -0.148. The molecule has 2 heterocycles. The van der Waals surface area contributed by atoms with Crippen LogP contribution in [0, 0.1) is 17.8 Å². The Morgan fingerprint density at radius 1 is 1.20 bits per heavy atom. The topological polar surface area (TPSA) is 55.8 Å². The summed E-state index contributed by atoms with van der Waals surface area (Å²) in [5, 5.41) is 0. The highest BCUT2D eigenvalue weighted by atomic mass is 16.5. The molecule has 25 heavy (non-hydrogen) atoms. The molecule has 4 atom stereocenters. The number of ether oxygens (including phenoxy) is 2. The quantitative estimate of drug-likeness (QED) is 0.496. The second-order valence-corrected chi connectivity index (χ2v) is 7.58. The van der Waals surface area contributed by atoms with Crippen molar-refractivity contribution in [1.29, 1.82) is 0 Å². The largest absolute Gasteiger partial charge is 0.462 e. The van der Waals surface area contributed by atoms with Crippen LogP contribution in [0.5, 0.6) is 0 Å². The first kappa shape index (κ1) is 20.0. The molecule has 2 fully saturated rings. The first-order valence-corrected chi connectivity index (χ1v) is 9.68. The van der Waals surface area contributed by atoms with E-state index >= 15 is 0 Å². The van der Waals surface area contributed by atoms with Crippen molar-refractivity contribution in [3.05, 3.63) is 11.6 Å². The number of hydrogen-bond acceptors (Lipinski definition) is 5. The molecule has 0 amide bonds. The molecular formula is C20H33NO4. The van der Waals surface area contributed by atoms with Crippen LogP contribution in [0.1, 0.15) is 53.4 Å². The van der Waals surface area contributed by atoms with Crippen molar-refractivity contribution < 1.29 is 19.1 Å². The molecule has 0 radical (unpaired) electrons. The summed E-state index contributed by atoms with van der Waals surface area (Å²) in [5.41, 5.74) is 0.505. The maximum Gasteiger partial charge on any atom is 0.333 e. The van der Waals surface area contributed by atoms with Gasteiger partial charge in [0.1, 0.15) is 6.61 Å². The number of carbonyl (C=O) groups excluding carboxylic acids is 2. The Hall–Kier alpha value is -1.36. The fourth-order valence-electron chi connectivity index (χ4n) is 3.73. The molecule has 5 heteroatoms. The van der Waals surface area contributed by atoms with Crippen molar-refractivity contribution in [2.75, 3.05) is 26.3 Å². The Kier molecular flexibility index (Phi) is 7.48. The molecule has 2 saturated heterocycles. The second-order valence-electron chi connectivity index (χ2n) is 7.58. The van der Waals surface area contributed by atoms with Gasteiger partial charge in [0.15, 0.2) is 0 Å². The Balaban J connectivity index is 1.70. The van der Waals surface area contributed by atoms with E-state index in [1.54, 1.807) is 13.0 Å². The molecule has 0 aromatic rings. The van der Waals surface area contributed by atoms with E-state index in [0.717, 1.165) is 19.4 Å². The van der Waals surface area contributed by atoms with E-state index in [4.69, 9.17) is 9.47 Å². The molecule has 2 aliphatic rings. The van der Waals surface area contributed by atoms with Crippen LogP contribution in [0.2, 0.25) is 0 Å². The standard InChI is InChI=1S/C20H33NO4/c1-5-14(2)16(4)20(23)24-12-9-15(3)19(22)25-13-17-8-11-21-10-6-7-18(17)21/h9,14,16-18H,5-8,10-13H2,1-4H3/b15-9+/t14-,16-,17+,18-/m1/s1. The highest BCUT2D eigenvalue weighted by molar-refractivity contribution is 5.87. The highest BCUT2D eigenvalue weighted by Crippen LogP contribution is 2.32. The van der Waals surface area contributed by atoms with Gasteiger partial charge in [-0.3, -0.25) is 9.69 Å². The smallest absolute Gasteiger partial charge is 0.333 e. The molecule has 0 unspecified atom stereocenters. The number of nitrogens with zero attached hydrogens (tertiary/aromatic N) is 1. The Morgan fingerprint density at radius 2 is 1.96 bits per heavy atom. The minimum absolute atomic E-state index is 0.123. The molecule has 0 N–H and O–H groups in total. The zero-order valence-electron chi connectivity index (χ0n) is 16.1. The molecule has 0 bridgehead atoms. The van der Waals surface area contributed by atoms with E-state index < -0.39 is 0 Å². The van der Waals surface area contributed by atoms with Crippen LogP contribution < -0.4 is 0 Å². The lowest BCUT2D eigenvalue weighted by Crippen LogP contribution is -2.28. The van der Waals surface area contributed by atoms with Crippen molar-refractivity contribution in [3.63, 3.8) is 0 Å². The average molecular weight is 351 g/mol. The van der Waals surface area contributed by atoms with Crippen LogP contribution >= 0.6 is 0 Å². The van der Waals surface area contributed by atoms with Crippen LogP contribution in [0.25, 0.3) is 0 Å². The predicted octanol–water partition coefficient (Wildman–Crippen LogP) is 3.19. The first-order chi connectivity index (χ1) is 11.9. The van der Waals surface area contributed by atoms with Crippen molar-refractivity contribution in [2.45, 2.75) is 59.4 Å². The number of hydrogen-bond donors (Lipinski definition) is 0. The monoisotopic (exact) mass is 351 g/mol. The SMILES string of the molecule is CC[C@@H](C)[C@@H](C)C(=O)OC/C=C(\C)C(=O)OC[C@@H]1CCN2CCC[C@H]12. The summed E-state index contributed by atoms with van der Waals surface area (Å²) in [4.78, 5) is 26.6. The minimum Gasteiger partial charge on any atom is -0.462 e. The summed E-state index contributed by atoms with van der Waals surface area (Å²) in [7, 11) is 0. The number of carbonyl (C=O) groups is 2. The molecule has 0 aromatic heterocycles. The van der Waals surface area contributed by atoms with Crippen LogP contribution in [0.4, 0.5) is 0 Å². The Bertz CT molecular complexity index is 502. The maximum absolute atomic E-state index is 12.1. The molecule has 0 saturated carbocycles. The van der Waals surface area contributed by atoms with E-state index in [9.17, 15) is 9.59 Å². The summed E-state index contributed by atoms with van der Waals surface area (Å²) in [6.45, 7) is 10.6. The van der Waals surface area contributed by atoms with Gasteiger partial charge in [0, 0.05) is 17.5 Å². The zero-order valence-corrected chi connectivity index (χ0v) is 16.1. The summed E-state index contributed by atoms with van der Waals surface area (Å²) in [6, 6.07) is 0.597. The number of fused-ring (bicyclic) bond motifs is 1. The molecular weight excluding hydrogens is 318 g/mol. The van der Waals surface area contributed by atoms with E-state index in [-0.39, 0.29) is 24.5 Å². The lowest BCUT2D eigenvalue weighted by atomic mass is 9.94. The average Bonchev–Trinajstić information content (AvgIpc) is 3.21. The summed E-state index contributed by atoms with van der Waals surface area (Å²) >= 11 is 0. The van der Waals surface area contributed by atoms with Crippen molar-refractivity contribution in [3.8, 4) is 0 Å². The second kappa shape index (κ2) is 9.37. The molecule has 142 valence electrons. The summed E-state index contributed by atoms with van der Waals surface area (Å²) in [5.74, 6) is 0.126. The molecule has 0 aliphatic carbocycles. The maximum atomic E-state index is 12.1. The predicted molar refractivity (Wildman–Crippen MR) is 97.0 cm³/mol. The fraction of sp³-hybridized carbons (Fsp3) is 0.800. The minimum atomic E-state index is -0.303. The van der Waals surface area contributed by atoms with E-state index in [2.05, 4.69) is 11.8 Å². The van der Waals surface area contributed by atoms with Crippen LogP contribution in [0.15, 0.2) is 11.6 Å². The van der Waals surface area contributed by atoms with Gasteiger partial charge in [-0.15, -0.1) is 0 Å². The molecule has 0 spiro atoms. The first-order valence-electron chi connectivity index (χ1n) is 9.68. The van der Waals surface area contributed by atoms with Gasteiger partial charge in [-0.25, -0.2) is 4.79 Å². The third-order valence-corrected chi connectivity index (χ3v) is 5.98. The lowest BCUT2D eigenvalue weighted by Gasteiger charge is -2.20. The van der Waals surface area contributed by atoms with E-state index in [0.29, 0.717) is 30.1 Å². The highest BCUT2D eigenvalue weighted by Gasteiger charge is 2.37. The van der Waals surface area contributed by atoms with E-state index in [1.165, 1.54) is 19.4 Å². The van der Waals surface area contributed by atoms with Crippen molar-refractivity contribution >= 4 is 11.9 Å². The van der Waals surface area contributed by atoms with Gasteiger partial charge in [-0.1, -0.05) is 27.2 Å². The van der Waals surface area contributed by atoms with Crippen LogP contribution in [0.3, 0.4) is 0 Å². The number of rotatable bonds is 8. The normalized spacial score (nSPS) is 26.2. The van der Waals surface area contributed by atoms with Gasteiger partial charge in [-0.2, -0.15) is 0 Å². The van der Waals surface area contributed by atoms with Gasteiger partial charge in [0.25, 0.3) is 0 Å². The zero-order chi connectivity index (χ0) is 18.4. The van der Waals surface area contributed by atoms with E-state index in [1.807, 2.05) is 13.8 Å². The van der Waals surface area contributed by atoms with Gasteiger partial charge in [0.05, 0.1) is 12.5 Å². The Labute approximate surface area is 151 Å². The van der Waals surface area contributed by atoms with Crippen LogP contribution in [-0.2, 0) is 19.1 Å². The van der Waals surface area contributed by atoms with Gasteiger partial charge >= 0.3 is 11.9 Å². The molecule has 0 aromatic carbocycles. The molecule has 2 aliphatic heterocycles. The molecule has 2 rings (SSSR count). The third kappa shape index (κ3) is 5.30. The van der Waals surface area contributed by atoms with Crippen molar-refractivity contribution in [2.24, 2.45) is 17.8 Å². The fourth-order valence-corrected chi connectivity index (χ4v) is 3.73. The summed E-state index contributed by atoms with van der Waals surface area (Å²) in [6.07, 6.45) is 6.18. The van der Waals surface area contributed by atoms with Gasteiger partial charge in [-0.05, 0) is 51.3 Å². The Morgan fingerprint density at radius 3 is 2.68 bits per heavy atom. The van der Waals surface area contributed by atoms with Crippen molar-refractivity contribution in [1.82, 2.24) is 4.90 Å². The van der Waals surface area contributed by atoms with Crippen LogP contribution in [-0.4, -0.2) is 49.2 Å². The van der Waals surface area contributed by atoms with Gasteiger partial charge in [0.2, 0.25) is 0 Å². The van der Waals surface area contributed by atoms with Gasteiger partial charge < -0.3 is 9.47 Å². The number of esters is 2. The third-order valence-electron chi connectivity index (χ3n) is 5.98. The summed E-state index contributed by atoms with van der Waals surface area (Å²) < 4.78 is 10.7.